The molecule has 0 amide bonds. The topological polar surface area (TPSA) is 20.2 Å². The molecule has 0 saturated heterocycles. The molecule has 0 saturated carbocycles. The fourth-order valence-electron chi connectivity index (χ4n) is 3.80. The van der Waals surface area contributed by atoms with Gasteiger partial charge in [-0.05, 0) is 84.7 Å². The summed E-state index contributed by atoms with van der Waals surface area (Å²) < 4.78 is 2.25. The first kappa shape index (κ1) is 23.1. The second-order valence-corrected chi connectivity index (χ2v) is 9.15. The maximum absolute atomic E-state index is 6.20. The van der Waals surface area contributed by atoms with Crippen LogP contribution in [0.15, 0.2) is 91.1 Å². The molecule has 0 aliphatic heterocycles. The first-order chi connectivity index (χ1) is 16.0. The van der Waals surface area contributed by atoms with Crippen LogP contribution in [0.3, 0.4) is 0 Å². The first-order valence-electron chi connectivity index (χ1n) is 11.0. The van der Waals surface area contributed by atoms with E-state index in [1.54, 1.807) is 0 Å². The van der Waals surface area contributed by atoms with Crippen molar-refractivity contribution in [2.24, 2.45) is 0 Å². The van der Waals surface area contributed by atoms with Gasteiger partial charge in [-0.1, -0.05) is 60.1 Å². The first-order valence-corrected chi connectivity index (χ1v) is 11.8. The molecule has 0 bridgehead atoms. The summed E-state index contributed by atoms with van der Waals surface area (Å²) in [6.07, 6.45) is 2.11. The van der Waals surface area contributed by atoms with Gasteiger partial charge in [0.25, 0.3) is 0 Å². The molecule has 0 unspecified atom stereocenters. The minimum atomic E-state index is 0.694. The number of hydrogen-bond acceptors (Lipinski definition) is 1. The molecule has 1 heterocycles. The normalized spacial score (nSPS) is 10.8. The third-order valence-electron chi connectivity index (χ3n) is 5.78. The number of hydrogen-bond donors (Lipinski definition) is 1. The van der Waals surface area contributed by atoms with Crippen LogP contribution < -0.4 is 5.32 Å². The molecule has 0 spiro atoms. The largest absolute Gasteiger partial charge is 0.345 e. The van der Waals surface area contributed by atoms with Crippen LogP contribution in [-0.4, -0.2) is 14.6 Å². The van der Waals surface area contributed by atoms with E-state index in [0.717, 1.165) is 23.8 Å². The minimum Gasteiger partial charge on any atom is -0.345 e. The summed E-state index contributed by atoms with van der Waals surface area (Å²) in [7, 11) is 0. The van der Waals surface area contributed by atoms with E-state index in [0.29, 0.717) is 11.7 Å². The van der Waals surface area contributed by atoms with Gasteiger partial charge in [-0.2, -0.15) is 0 Å². The smallest absolute Gasteiger partial charge is 0.174 e. The lowest BCUT2D eigenvalue weighted by Gasteiger charge is -2.27. The van der Waals surface area contributed by atoms with E-state index >= 15 is 0 Å². The van der Waals surface area contributed by atoms with Gasteiger partial charge in [0.1, 0.15) is 0 Å². The average molecular weight is 474 g/mol. The number of halogens is 1. The Kier molecular flexibility index (Phi) is 7.48. The summed E-state index contributed by atoms with van der Waals surface area (Å²) in [5.41, 5.74) is 7.10. The number of aryl methyl sites for hydroxylation is 2. The van der Waals surface area contributed by atoms with Crippen molar-refractivity contribution in [3.8, 4) is 0 Å². The van der Waals surface area contributed by atoms with Crippen LogP contribution in [0, 0.1) is 13.8 Å². The summed E-state index contributed by atoms with van der Waals surface area (Å²) in [5.74, 6) is 0. The van der Waals surface area contributed by atoms with Gasteiger partial charge in [-0.15, -0.1) is 0 Å². The molecule has 0 radical (unpaired) electrons. The Morgan fingerprint density at radius 1 is 0.848 bits per heavy atom. The molecule has 0 fully saturated rings. The zero-order chi connectivity index (χ0) is 23.2. The molecule has 168 valence electrons. The Morgan fingerprint density at radius 3 is 2.39 bits per heavy atom. The van der Waals surface area contributed by atoms with Crippen molar-refractivity contribution in [3.63, 3.8) is 0 Å². The van der Waals surface area contributed by atoms with Gasteiger partial charge in [0.15, 0.2) is 5.11 Å². The van der Waals surface area contributed by atoms with Crippen molar-refractivity contribution >= 4 is 34.6 Å². The molecule has 3 nitrogen and oxygen atoms in total. The zero-order valence-corrected chi connectivity index (χ0v) is 20.5. The molecule has 5 heteroatoms. The van der Waals surface area contributed by atoms with Gasteiger partial charge in [-0.3, -0.25) is 0 Å². The van der Waals surface area contributed by atoms with Crippen molar-refractivity contribution in [2.45, 2.75) is 33.5 Å². The van der Waals surface area contributed by atoms with E-state index in [2.05, 4.69) is 95.5 Å². The Morgan fingerprint density at radius 2 is 1.64 bits per heavy atom. The minimum absolute atomic E-state index is 0.694. The van der Waals surface area contributed by atoms with Crippen LogP contribution in [-0.2, 0) is 19.6 Å². The molecular weight excluding hydrogens is 446 g/mol. The number of anilines is 1. The Hall–Kier alpha value is -3.08. The molecule has 33 heavy (non-hydrogen) atoms. The number of thiocarbonyl (C=S) groups is 1. The lowest BCUT2D eigenvalue weighted by Crippen LogP contribution is -2.34. The predicted octanol–water partition coefficient (Wildman–Crippen LogP) is 7.21. The highest BCUT2D eigenvalue weighted by molar-refractivity contribution is 7.80. The highest BCUT2D eigenvalue weighted by Gasteiger charge is 2.14. The van der Waals surface area contributed by atoms with E-state index in [1.807, 2.05) is 24.3 Å². The molecule has 1 aromatic heterocycles. The highest BCUT2D eigenvalue weighted by atomic mass is 35.5. The quantitative estimate of drug-likeness (QED) is 0.286. The maximum atomic E-state index is 6.20. The van der Waals surface area contributed by atoms with Gasteiger partial charge < -0.3 is 14.8 Å². The van der Waals surface area contributed by atoms with Gasteiger partial charge in [0, 0.05) is 35.7 Å². The van der Waals surface area contributed by atoms with Crippen LogP contribution in [0.25, 0.3) is 0 Å². The van der Waals surface area contributed by atoms with Crippen molar-refractivity contribution in [1.82, 2.24) is 9.47 Å². The Balaban J connectivity index is 1.56. The van der Waals surface area contributed by atoms with Crippen LogP contribution in [0.4, 0.5) is 5.69 Å². The third-order valence-corrected chi connectivity index (χ3v) is 6.38. The van der Waals surface area contributed by atoms with Gasteiger partial charge in [0.05, 0.1) is 6.54 Å². The van der Waals surface area contributed by atoms with Crippen molar-refractivity contribution in [3.05, 3.63) is 124 Å². The molecule has 1 N–H and O–H groups in total. The monoisotopic (exact) mass is 473 g/mol. The third kappa shape index (κ3) is 6.25. The number of rotatable bonds is 7. The molecule has 0 aliphatic carbocycles. The van der Waals surface area contributed by atoms with Gasteiger partial charge in [-0.25, -0.2) is 0 Å². The molecule has 4 rings (SSSR count). The van der Waals surface area contributed by atoms with E-state index in [-0.39, 0.29) is 0 Å². The van der Waals surface area contributed by atoms with Crippen LogP contribution >= 0.6 is 23.8 Å². The van der Waals surface area contributed by atoms with Crippen LogP contribution in [0.2, 0.25) is 5.02 Å². The number of nitrogens with one attached hydrogen (secondary N) is 1. The molecule has 3 aromatic carbocycles. The van der Waals surface area contributed by atoms with Crippen LogP contribution in [0.1, 0.15) is 27.9 Å². The van der Waals surface area contributed by atoms with E-state index < -0.39 is 0 Å². The second-order valence-electron chi connectivity index (χ2n) is 8.33. The van der Waals surface area contributed by atoms with Gasteiger partial charge in [0.2, 0.25) is 0 Å². The number of aromatic nitrogens is 1. The molecule has 0 aliphatic rings. The summed E-state index contributed by atoms with van der Waals surface area (Å²) in [6.45, 7) is 6.42. The van der Waals surface area contributed by atoms with E-state index in [4.69, 9.17) is 23.8 Å². The zero-order valence-electron chi connectivity index (χ0n) is 19.0. The molecular formula is C28H28ClN3S. The summed E-state index contributed by atoms with van der Waals surface area (Å²) in [6, 6.07) is 29.0. The van der Waals surface area contributed by atoms with Crippen molar-refractivity contribution in [1.29, 1.82) is 0 Å². The van der Waals surface area contributed by atoms with Crippen LogP contribution in [0.5, 0.6) is 0 Å². The van der Waals surface area contributed by atoms with E-state index in [1.165, 1.54) is 27.9 Å². The standard InChI is InChI=1S/C28H28ClN3S/c1-21-13-14-26(16-22(21)2)30-28(33)32(18-23-8-4-3-5-9-23)20-27-12-7-15-31(27)19-24-10-6-11-25(29)17-24/h3-17H,18-20H2,1-2H3,(H,30,33). The number of benzene rings is 3. The summed E-state index contributed by atoms with van der Waals surface area (Å²) in [4.78, 5) is 2.21. The summed E-state index contributed by atoms with van der Waals surface area (Å²) >= 11 is 12.1. The number of nitrogens with zero attached hydrogens (tertiary/aromatic N) is 2. The Bertz CT molecular complexity index is 1230. The maximum Gasteiger partial charge on any atom is 0.174 e. The van der Waals surface area contributed by atoms with Crippen molar-refractivity contribution < 1.29 is 0 Å². The SMILES string of the molecule is Cc1ccc(NC(=S)N(Cc2ccccc2)Cc2cccn2Cc2cccc(Cl)c2)cc1C. The molecule has 4 aromatic rings. The fraction of sp³-hybridized carbons (Fsp3) is 0.179. The fourth-order valence-corrected chi connectivity index (χ4v) is 4.26. The van der Waals surface area contributed by atoms with Crippen molar-refractivity contribution in [2.75, 3.05) is 5.32 Å². The average Bonchev–Trinajstić information content (AvgIpc) is 3.23. The summed E-state index contributed by atoms with van der Waals surface area (Å²) in [5, 5.41) is 4.91. The highest BCUT2D eigenvalue weighted by Crippen LogP contribution is 2.19. The predicted molar refractivity (Wildman–Crippen MR) is 143 cm³/mol. The second kappa shape index (κ2) is 10.7. The lowest BCUT2D eigenvalue weighted by molar-refractivity contribution is 0.399. The van der Waals surface area contributed by atoms with E-state index in [9.17, 15) is 0 Å². The Labute approximate surface area is 206 Å². The lowest BCUT2D eigenvalue weighted by atomic mass is 10.1. The molecule has 0 atom stereocenters. The van der Waals surface area contributed by atoms with Gasteiger partial charge >= 0.3 is 0 Å².